The average Bonchev–Trinajstić information content (AvgIpc) is 1.75. The minimum Gasteiger partial charge on any atom is -0.292 e. The number of nitrogens with zero attached hydrogens (tertiary/aromatic N) is 2. The number of likely N-dealkylation sites (tertiary alicyclic amines) is 1. The highest BCUT2D eigenvalue weighted by atomic mass is 19.4. The Labute approximate surface area is 62.2 Å². The molecular formula is C6H7F3N2. The standard InChI is InChI=1S/C6H7F3N2/c7-6(8,9)4-11-2-5(1-10)3-11/h5H,2-4H2. The zero-order chi connectivity index (χ0) is 8.48. The fourth-order valence-electron chi connectivity index (χ4n) is 1.03. The van der Waals surface area contributed by atoms with Crippen molar-refractivity contribution in [3.63, 3.8) is 0 Å². The first-order valence-electron chi connectivity index (χ1n) is 3.20. The van der Waals surface area contributed by atoms with Crippen molar-refractivity contribution in [1.82, 2.24) is 4.90 Å². The van der Waals surface area contributed by atoms with Crippen molar-refractivity contribution >= 4 is 0 Å². The van der Waals surface area contributed by atoms with Gasteiger partial charge in [-0.2, -0.15) is 18.4 Å². The summed E-state index contributed by atoms with van der Waals surface area (Å²) in [4.78, 5) is 1.22. The second kappa shape index (κ2) is 2.70. The third-order valence-corrected chi connectivity index (χ3v) is 1.54. The van der Waals surface area contributed by atoms with E-state index in [1.165, 1.54) is 4.90 Å². The Morgan fingerprint density at radius 2 is 2.00 bits per heavy atom. The van der Waals surface area contributed by atoms with Gasteiger partial charge in [0.15, 0.2) is 0 Å². The molecule has 1 heterocycles. The lowest BCUT2D eigenvalue weighted by Gasteiger charge is -2.35. The third-order valence-electron chi connectivity index (χ3n) is 1.54. The second-order valence-electron chi connectivity index (χ2n) is 2.64. The van der Waals surface area contributed by atoms with Gasteiger partial charge in [0, 0.05) is 13.1 Å². The first-order chi connectivity index (χ1) is 5.01. The summed E-state index contributed by atoms with van der Waals surface area (Å²) in [6.45, 7) is -0.364. The van der Waals surface area contributed by atoms with E-state index in [4.69, 9.17) is 5.26 Å². The topological polar surface area (TPSA) is 27.0 Å². The molecule has 0 aromatic heterocycles. The van der Waals surface area contributed by atoms with Crippen LogP contribution in [0.4, 0.5) is 13.2 Å². The molecule has 1 aliphatic heterocycles. The Bertz CT molecular complexity index is 175. The van der Waals surface area contributed by atoms with Gasteiger partial charge in [0.05, 0.1) is 18.5 Å². The van der Waals surface area contributed by atoms with Crippen LogP contribution in [-0.4, -0.2) is 30.7 Å². The van der Waals surface area contributed by atoms with E-state index in [9.17, 15) is 13.2 Å². The lowest BCUT2D eigenvalue weighted by molar-refractivity contribution is -0.156. The SMILES string of the molecule is N#CC1CN(CC(F)(F)F)C1. The summed E-state index contributed by atoms with van der Waals surface area (Å²) >= 11 is 0. The van der Waals surface area contributed by atoms with Gasteiger partial charge in [-0.05, 0) is 0 Å². The van der Waals surface area contributed by atoms with Crippen LogP contribution in [-0.2, 0) is 0 Å². The van der Waals surface area contributed by atoms with E-state index in [0.29, 0.717) is 0 Å². The van der Waals surface area contributed by atoms with Crippen LogP contribution < -0.4 is 0 Å². The Kier molecular flexibility index (Phi) is 2.05. The van der Waals surface area contributed by atoms with Crippen molar-refractivity contribution in [2.24, 2.45) is 5.92 Å². The molecule has 0 N–H and O–H groups in total. The maximum atomic E-state index is 11.6. The molecule has 0 aromatic rings. The van der Waals surface area contributed by atoms with Gasteiger partial charge in [0.1, 0.15) is 0 Å². The number of rotatable bonds is 1. The predicted molar refractivity (Wildman–Crippen MR) is 31.6 cm³/mol. The minimum absolute atomic E-state index is 0.197. The van der Waals surface area contributed by atoms with Gasteiger partial charge < -0.3 is 0 Å². The molecule has 0 unspecified atom stereocenters. The molecule has 0 saturated carbocycles. The number of halogens is 3. The largest absolute Gasteiger partial charge is 0.401 e. The molecule has 0 bridgehead atoms. The lowest BCUT2D eigenvalue weighted by Crippen LogP contribution is -2.49. The number of hydrogen-bond donors (Lipinski definition) is 0. The normalized spacial score (nSPS) is 20.9. The zero-order valence-electron chi connectivity index (χ0n) is 5.73. The van der Waals surface area contributed by atoms with Crippen molar-refractivity contribution in [1.29, 1.82) is 5.26 Å². The van der Waals surface area contributed by atoms with E-state index >= 15 is 0 Å². The molecule has 0 radical (unpaired) electrons. The van der Waals surface area contributed by atoms with E-state index < -0.39 is 12.7 Å². The quantitative estimate of drug-likeness (QED) is 0.578. The van der Waals surface area contributed by atoms with E-state index in [0.717, 1.165) is 0 Å². The molecule has 1 saturated heterocycles. The molecule has 0 aliphatic carbocycles. The molecule has 62 valence electrons. The van der Waals surface area contributed by atoms with Crippen LogP contribution in [0.1, 0.15) is 0 Å². The number of nitriles is 1. The number of hydrogen-bond acceptors (Lipinski definition) is 2. The summed E-state index contributed by atoms with van der Waals surface area (Å²) in [6, 6.07) is 1.91. The summed E-state index contributed by atoms with van der Waals surface area (Å²) in [5.41, 5.74) is 0. The first kappa shape index (κ1) is 8.34. The Morgan fingerprint density at radius 1 is 1.45 bits per heavy atom. The molecule has 0 spiro atoms. The molecule has 1 fully saturated rings. The van der Waals surface area contributed by atoms with Gasteiger partial charge in [-0.25, -0.2) is 0 Å². The van der Waals surface area contributed by atoms with Crippen LogP contribution in [0.5, 0.6) is 0 Å². The van der Waals surface area contributed by atoms with Gasteiger partial charge in [0.25, 0.3) is 0 Å². The molecular weight excluding hydrogens is 157 g/mol. The average molecular weight is 164 g/mol. The van der Waals surface area contributed by atoms with Gasteiger partial charge in [-0.15, -0.1) is 0 Å². The van der Waals surface area contributed by atoms with Gasteiger partial charge in [-0.3, -0.25) is 4.90 Å². The second-order valence-corrected chi connectivity index (χ2v) is 2.64. The molecule has 2 nitrogen and oxygen atoms in total. The van der Waals surface area contributed by atoms with Crippen LogP contribution in [0.25, 0.3) is 0 Å². The summed E-state index contributed by atoms with van der Waals surface area (Å²) in [6.07, 6.45) is -4.12. The molecule has 5 heteroatoms. The summed E-state index contributed by atoms with van der Waals surface area (Å²) < 4.78 is 34.9. The monoisotopic (exact) mass is 164 g/mol. The number of alkyl halides is 3. The molecule has 1 rings (SSSR count). The lowest BCUT2D eigenvalue weighted by atomic mass is 10.0. The van der Waals surface area contributed by atoms with Crippen molar-refractivity contribution in [2.75, 3.05) is 19.6 Å². The fraction of sp³-hybridized carbons (Fsp3) is 0.833. The first-order valence-corrected chi connectivity index (χ1v) is 3.20. The van der Waals surface area contributed by atoms with Crippen molar-refractivity contribution in [3.8, 4) is 6.07 Å². The molecule has 0 atom stereocenters. The summed E-state index contributed by atoms with van der Waals surface area (Å²) in [5, 5.41) is 8.24. The van der Waals surface area contributed by atoms with E-state index in [1.807, 2.05) is 6.07 Å². The maximum absolute atomic E-state index is 11.6. The van der Waals surface area contributed by atoms with E-state index in [-0.39, 0.29) is 19.0 Å². The zero-order valence-corrected chi connectivity index (χ0v) is 5.73. The molecule has 11 heavy (non-hydrogen) atoms. The fourth-order valence-corrected chi connectivity index (χ4v) is 1.03. The summed E-state index contributed by atoms with van der Waals surface area (Å²) in [5.74, 6) is -0.197. The minimum atomic E-state index is -4.12. The Morgan fingerprint density at radius 3 is 2.36 bits per heavy atom. The van der Waals surface area contributed by atoms with Crippen molar-refractivity contribution in [2.45, 2.75) is 6.18 Å². The van der Waals surface area contributed by atoms with Crippen LogP contribution in [0.3, 0.4) is 0 Å². The van der Waals surface area contributed by atoms with Crippen LogP contribution >= 0.6 is 0 Å². The Balaban J connectivity index is 2.20. The van der Waals surface area contributed by atoms with Crippen molar-refractivity contribution < 1.29 is 13.2 Å². The van der Waals surface area contributed by atoms with Gasteiger partial charge in [-0.1, -0.05) is 0 Å². The highest BCUT2D eigenvalue weighted by Crippen LogP contribution is 2.22. The third kappa shape index (κ3) is 2.39. The highest BCUT2D eigenvalue weighted by molar-refractivity contribution is 4.95. The smallest absolute Gasteiger partial charge is 0.292 e. The van der Waals surface area contributed by atoms with Gasteiger partial charge >= 0.3 is 6.18 Å². The molecule has 1 aliphatic rings. The summed E-state index contributed by atoms with van der Waals surface area (Å²) in [7, 11) is 0. The molecule has 0 aromatic carbocycles. The van der Waals surface area contributed by atoms with Crippen molar-refractivity contribution in [3.05, 3.63) is 0 Å². The van der Waals surface area contributed by atoms with Crippen LogP contribution in [0.2, 0.25) is 0 Å². The molecule has 0 amide bonds. The maximum Gasteiger partial charge on any atom is 0.401 e. The highest BCUT2D eigenvalue weighted by Gasteiger charge is 2.36. The van der Waals surface area contributed by atoms with Gasteiger partial charge in [0.2, 0.25) is 0 Å². The van der Waals surface area contributed by atoms with Crippen LogP contribution in [0.15, 0.2) is 0 Å². The van der Waals surface area contributed by atoms with E-state index in [2.05, 4.69) is 0 Å². The Hall–Kier alpha value is -0.760. The van der Waals surface area contributed by atoms with E-state index in [1.54, 1.807) is 0 Å². The predicted octanol–water partition coefficient (Wildman–Crippen LogP) is 1.00. The van der Waals surface area contributed by atoms with Crippen LogP contribution in [0, 0.1) is 17.2 Å².